The molecule has 0 bridgehead atoms. The molecule has 1 rings (SSSR count). The maximum absolute atomic E-state index is 4.23. The third-order valence-corrected chi connectivity index (χ3v) is 3.66. The van der Waals surface area contributed by atoms with Crippen LogP contribution in [0.4, 0.5) is 5.69 Å². The molecule has 0 aliphatic rings. The second kappa shape index (κ2) is 10.3. The van der Waals surface area contributed by atoms with Crippen LogP contribution in [0, 0.1) is 0 Å². The summed E-state index contributed by atoms with van der Waals surface area (Å²) in [5.74, 6) is 1.04. The Morgan fingerprint density at radius 1 is 0.833 bits per heavy atom. The average Bonchev–Trinajstić information content (AvgIpc) is 2.42. The molecule has 2 heteroatoms. The predicted molar refractivity (Wildman–Crippen MR) is 85.9 cm³/mol. The zero-order valence-corrected chi connectivity index (χ0v) is 12.5. The van der Waals surface area contributed by atoms with Crippen molar-refractivity contribution >= 4 is 18.3 Å². The second-order valence-electron chi connectivity index (χ2n) is 4.96. The van der Waals surface area contributed by atoms with E-state index in [0.29, 0.717) is 0 Å². The Balaban J connectivity index is 1.98. The third kappa shape index (κ3) is 6.95. The highest BCUT2D eigenvalue weighted by Gasteiger charge is 1.98. The monoisotopic (exact) mass is 265 g/mol. The van der Waals surface area contributed by atoms with Crippen LogP contribution in [0.25, 0.3) is 0 Å². The van der Waals surface area contributed by atoms with Gasteiger partial charge in [-0.15, -0.1) is 0 Å². The van der Waals surface area contributed by atoms with E-state index in [1.165, 1.54) is 57.2 Å². The quantitative estimate of drug-likeness (QED) is 0.470. The van der Waals surface area contributed by atoms with Crippen molar-refractivity contribution in [3.05, 3.63) is 30.3 Å². The smallest absolute Gasteiger partial charge is 0.0363 e. The number of benzene rings is 1. The van der Waals surface area contributed by atoms with Crippen LogP contribution in [0.1, 0.15) is 44.9 Å². The summed E-state index contributed by atoms with van der Waals surface area (Å²) in [6.45, 7) is 1.17. The molecule has 0 amide bonds. The lowest BCUT2D eigenvalue weighted by Crippen LogP contribution is -2.18. The van der Waals surface area contributed by atoms with Gasteiger partial charge < -0.3 is 4.90 Å². The van der Waals surface area contributed by atoms with Gasteiger partial charge in [-0.25, -0.2) is 0 Å². The summed E-state index contributed by atoms with van der Waals surface area (Å²) in [5.41, 5.74) is 1.33. The van der Waals surface area contributed by atoms with E-state index in [2.05, 4.69) is 54.9 Å². The van der Waals surface area contributed by atoms with Crippen LogP contribution in [0.15, 0.2) is 30.3 Å². The van der Waals surface area contributed by atoms with E-state index in [1.54, 1.807) is 0 Å². The summed E-state index contributed by atoms with van der Waals surface area (Å²) < 4.78 is 0. The number of thiol groups is 1. The van der Waals surface area contributed by atoms with Gasteiger partial charge in [-0.1, -0.05) is 50.3 Å². The van der Waals surface area contributed by atoms with Gasteiger partial charge in [-0.2, -0.15) is 12.6 Å². The van der Waals surface area contributed by atoms with Gasteiger partial charge in [0, 0.05) is 19.3 Å². The highest BCUT2D eigenvalue weighted by atomic mass is 32.1. The first kappa shape index (κ1) is 15.4. The van der Waals surface area contributed by atoms with Gasteiger partial charge in [0.1, 0.15) is 0 Å². The largest absolute Gasteiger partial charge is 0.375 e. The normalized spacial score (nSPS) is 10.6. The first-order chi connectivity index (χ1) is 8.84. The highest BCUT2D eigenvalue weighted by Crippen LogP contribution is 2.13. The van der Waals surface area contributed by atoms with E-state index in [4.69, 9.17) is 0 Å². The Labute approximate surface area is 118 Å². The number of hydrogen-bond acceptors (Lipinski definition) is 2. The lowest BCUT2D eigenvalue weighted by Gasteiger charge is -2.18. The molecule has 0 saturated heterocycles. The zero-order chi connectivity index (χ0) is 13.1. The number of nitrogens with zero attached hydrogens (tertiary/aromatic N) is 1. The summed E-state index contributed by atoms with van der Waals surface area (Å²) in [7, 11) is 2.18. The molecule has 0 spiro atoms. The molecule has 0 aliphatic heterocycles. The summed E-state index contributed by atoms with van der Waals surface area (Å²) in [6.07, 6.45) is 9.45. The van der Waals surface area contributed by atoms with Gasteiger partial charge in [0.05, 0.1) is 0 Å². The van der Waals surface area contributed by atoms with Crippen molar-refractivity contribution in [1.29, 1.82) is 0 Å². The van der Waals surface area contributed by atoms with Crippen molar-refractivity contribution in [2.24, 2.45) is 0 Å². The topological polar surface area (TPSA) is 3.24 Å². The third-order valence-electron chi connectivity index (χ3n) is 3.35. The molecule has 1 aromatic carbocycles. The number of anilines is 1. The Bertz CT molecular complexity index is 286. The molecule has 18 heavy (non-hydrogen) atoms. The van der Waals surface area contributed by atoms with Crippen molar-refractivity contribution in [2.75, 3.05) is 24.2 Å². The van der Waals surface area contributed by atoms with Gasteiger partial charge >= 0.3 is 0 Å². The number of unbranched alkanes of at least 4 members (excludes halogenated alkanes) is 6. The molecule has 0 heterocycles. The Hall–Kier alpha value is -0.630. The van der Waals surface area contributed by atoms with E-state index in [9.17, 15) is 0 Å². The van der Waals surface area contributed by atoms with E-state index in [1.807, 2.05) is 0 Å². The number of para-hydroxylation sites is 1. The highest BCUT2D eigenvalue weighted by molar-refractivity contribution is 7.80. The second-order valence-corrected chi connectivity index (χ2v) is 5.40. The number of hydrogen-bond donors (Lipinski definition) is 1. The molecule has 0 atom stereocenters. The molecule has 1 aromatic rings. The fourth-order valence-corrected chi connectivity index (χ4v) is 2.38. The summed E-state index contributed by atoms with van der Waals surface area (Å²) >= 11 is 4.23. The molecule has 0 aliphatic carbocycles. The molecule has 0 N–H and O–H groups in total. The van der Waals surface area contributed by atoms with E-state index in [-0.39, 0.29) is 0 Å². The number of rotatable bonds is 10. The zero-order valence-electron chi connectivity index (χ0n) is 11.6. The molecule has 102 valence electrons. The fourth-order valence-electron chi connectivity index (χ4n) is 2.16. The van der Waals surface area contributed by atoms with Gasteiger partial charge in [0.25, 0.3) is 0 Å². The Morgan fingerprint density at radius 2 is 1.39 bits per heavy atom. The van der Waals surface area contributed by atoms with Crippen molar-refractivity contribution in [2.45, 2.75) is 44.9 Å². The molecule has 1 nitrogen and oxygen atoms in total. The first-order valence-electron chi connectivity index (χ1n) is 7.21. The van der Waals surface area contributed by atoms with Crippen LogP contribution in [-0.2, 0) is 0 Å². The van der Waals surface area contributed by atoms with Gasteiger partial charge in [-0.3, -0.25) is 0 Å². The van der Waals surface area contributed by atoms with Crippen LogP contribution in [0.2, 0.25) is 0 Å². The first-order valence-corrected chi connectivity index (χ1v) is 7.85. The minimum absolute atomic E-state index is 1.04. The predicted octanol–water partition coefficient (Wildman–Crippen LogP) is 4.78. The summed E-state index contributed by atoms with van der Waals surface area (Å²) in [4.78, 5) is 2.35. The van der Waals surface area contributed by atoms with Crippen LogP contribution in [-0.4, -0.2) is 19.3 Å². The van der Waals surface area contributed by atoms with Crippen LogP contribution < -0.4 is 4.90 Å². The lowest BCUT2D eigenvalue weighted by atomic mass is 10.1. The molecule has 0 unspecified atom stereocenters. The van der Waals surface area contributed by atoms with Crippen molar-refractivity contribution in [3.63, 3.8) is 0 Å². The van der Waals surface area contributed by atoms with Crippen LogP contribution >= 0.6 is 12.6 Å². The minimum atomic E-state index is 1.04. The Morgan fingerprint density at radius 3 is 2.00 bits per heavy atom. The summed E-state index contributed by atoms with van der Waals surface area (Å²) in [5, 5.41) is 0. The molecule has 0 fully saturated rings. The lowest BCUT2D eigenvalue weighted by molar-refractivity contribution is 0.590. The van der Waals surface area contributed by atoms with Crippen molar-refractivity contribution < 1.29 is 0 Å². The van der Waals surface area contributed by atoms with Gasteiger partial charge in [-0.05, 0) is 30.7 Å². The Kier molecular flexibility index (Phi) is 8.83. The maximum atomic E-state index is 4.23. The molecule has 0 aromatic heterocycles. The van der Waals surface area contributed by atoms with E-state index < -0.39 is 0 Å². The van der Waals surface area contributed by atoms with Crippen molar-refractivity contribution in [3.8, 4) is 0 Å². The molecule has 0 radical (unpaired) electrons. The van der Waals surface area contributed by atoms with E-state index in [0.717, 1.165) is 5.75 Å². The fraction of sp³-hybridized carbons (Fsp3) is 0.625. The summed E-state index contributed by atoms with van der Waals surface area (Å²) in [6, 6.07) is 10.6. The van der Waals surface area contributed by atoms with Crippen LogP contribution in [0.3, 0.4) is 0 Å². The molecule has 0 saturated carbocycles. The minimum Gasteiger partial charge on any atom is -0.375 e. The van der Waals surface area contributed by atoms with Gasteiger partial charge in [0.15, 0.2) is 0 Å². The standard InChI is InChI=1S/C16H27NS/c1-17(16-12-8-7-9-13-16)14-10-5-3-2-4-6-11-15-18/h7-9,12-13,18H,2-6,10-11,14-15H2,1H3. The maximum Gasteiger partial charge on any atom is 0.0363 e. The molecular weight excluding hydrogens is 238 g/mol. The van der Waals surface area contributed by atoms with Gasteiger partial charge in [0.2, 0.25) is 0 Å². The van der Waals surface area contributed by atoms with E-state index >= 15 is 0 Å². The van der Waals surface area contributed by atoms with Crippen LogP contribution in [0.5, 0.6) is 0 Å². The van der Waals surface area contributed by atoms with Crippen molar-refractivity contribution in [1.82, 2.24) is 0 Å². The molecular formula is C16H27NS. The SMILES string of the molecule is CN(CCCCCCCCCS)c1ccccc1. The average molecular weight is 265 g/mol.